The quantitative estimate of drug-likeness (QED) is 0.578. The van der Waals surface area contributed by atoms with Crippen molar-refractivity contribution in [2.45, 2.75) is 31.8 Å². The van der Waals surface area contributed by atoms with Crippen LogP contribution in [0.15, 0.2) is 48.0 Å². The van der Waals surface area contributed by atoms with E-state index in [4.69, 9.17) is 25.8 Å². The van der Waals surface area contributed by atoms with Crippen LogP contribution in [-0.4, -0.2) is 32.4 Å². The highest BCUT2D eigenvalue weighted by Gasteiger charge is 2.27. The van der Waals surface area contributed by atoms with Crippen molar-refractivity contribution in [2.75, 3.05) is 14.2 Å². The number of carbonyl (C=O) groups excluding carboxylic acids is 2. The zero-order valence-corrected chi connectivity index (χ0v) is 17.2. The minimum absolute atomic E-state index is 0.0813. The number of benzene rings is 2. The predicted octanol–water partition coefficient (Wildman–Crippen LogP) is 4.84. The van der Waals surface area contributed by atoms with Crippen molar-refractivity contribution in [1.82, 2.24) is 0 Å². The second-order valence-electron chi connectivity index (χ2n) is 6.77. The van der Waals surface area contributed by atoms with Crippen molar-refractivity contribution in [3.63, 3.8) is 0 Å². The summed E-state index contributed by atoms with van der Waals surface area (Å²) in [6.45, 7) is 0. The van der Waals surface area contributed by atoms with Gasteiger partial charge in [-0.3, -0.25) is 9.59 Å². The molecule has 2 aromatic carbocycles. The van der Waals surface area contributed by atoms with Gasteiger partial charge in [-0.25, -0.2) is 0 Å². The van der Waals surface area contributed by atoms with Gasteiger partial charge in [0.05, 0.1) is 14.2 Å². The molecule has 2 aromatic rings. The molecule has 1 aliphatic rings. The SMILES string of the molecule is COc1cc(OC)c(C=O)c(O[C@H]2CCC(=O)C=C2CCc2ccccc2)c1Cl. The first-order chi connectivity index (χ1) is 14.1. The molecule has 0 unspecified atom stereocenters. The summed E-state index contributed by atoms with van der Waals surface area (Å²) < 4.78 is 16.8. The van der Waals surface area contributed by atoms with E-state index in [0.717, 1.165) is 12.0 Å². The fourth-order valence-electron chi connectivity index (χ4n) is 3.42. The molecule has 5 nitrogen and oxygen atoms in total. The van der Waals surface area contributed by atoms with Gasteiger partial charge in [-0.1, -0.05) is 41.9 Å². The third-order valence-electron chi connectivity index (χ3n) is 4.96. The molecule has 0 fully saturated rings. The number of aryl methyl sites for hydroxylation is 1. The molecular weight excluding hydrogens is 392 g/mol. The van der Waals surface area contributed by atoms with Crippen LogP contribution in [0.5, 0.6) is 17.2 Å². The zero-order chi connectivity index (χ0) is 20.8. The van der Waals surface area contributed by atoms with Crippen LogP contribution in [-0.2, 0) is 11.2 Å². The fraction of sp³-hybridized carbons (Fsp3) is 0.304. The lowest BCUT2D eigenvalue weighted by Crippen LogP contribution is -2.26. The van der Waals surface area contributed by atoms with Crippen LogP contribution in [0.2, 0.25) is 5.02 Å². The Hall–Kier alpha value is -2.79. The Balaban J connectivity index is 1.90. The zero-order valence-electron chi connectivity index (χ0n) is 16.4. The topological polar surface area (TPSA) is 61.8 Å². The Morgan fingerprint density at radius 3 is 2.48 bits per heavy atom. The number of halogens is 1. The van der Waals surface area contributed by atoms with Crippen molar-refractivity contribution >= 4 is 23.7 Å². The highest BCUT2D eigenvalue weighted by atomic mass is 35.5. The Bertz CT molecular complexity index is 921. The van der Waals surface area contributed by atoms with Gasteiger partial charge >= 0.3 is 0 Å². The Morgan fingerprint density at radius 1 is 1.10 bits per heavy atom. The average Bonchev–Trinajstić information content (AvgIpc) is 2.75. The van der Waals surface area contributed by atoms with Crippen LogP contribution < -0.4 is 14.2 Å². The largest absolute Gasteiger partial charge is 0.496 e. The summed E-state index contributed by atoms with van der Waals surface area (Å²) in [7, 11) is 2.94. The van der Waals surface area contributed by atoms with E-state index in [1.54, 1.807) is 12.1 Å². The van der Waals surface area contributed by atoms with Crippen LogP contribution >= 0.6 is 11.6 Å². The van der Waals surface area contributed by atoms with Gasteiger partial charge in [0.15, 0.2) is 17.8 Å². The number of carbonyl (C=O) groups is 2. The fourth-order valence-corrected chi connectivity index (χ4v) is 3.70. The predicted molar refractivity (Wildman–Crippen MR) is 111 cm³/mol. The minimum atomic E-state index is -0.357. The number of ether oxygens (including phenoxy) is 3. The number of hydrogen-bond acceptors (Lipinski definition) is 5. The molecule has 152 valence electrons. The normalized spacial score (nSPS) is 16.2. The molecule has 0 aromatic heterocycles. The van der Waals surface area contributed by atoms with Crippen LogP contribution in [0.4, 0.5) is 0 Å². The molecule has 0 heterocycles. The Kier molecular flexibility index (Phi) is 6.94. The van der Waals surface area contributed by atoms with Crippen molar-refractivity contribution in [2.24, 2.45) is 0 Å². The van der Waals surface area contributed by atoms with Gasteiger partial charge < -0.3 is 14.2 Å². The summed E-state index contributed by atoms with van der Waals surface area (Å²) in [6, 6.07) is 11.6. The maximum Gasteiger partial charge on any atom is 0.157 e. The lowest BCUT2D eigenvalue weighted by atomic mass is 9.91. The average molecular weight is 415 g/mol. The van der Waals surface area contributed by atoms with Gasteiger partial charge in [0.25, 0.3) is 0 Å². The lowest BCUT2D eigenvalue weighted by Gasteiger charge is -2.27. The first-order valence-electron chi connectivity index (χ1n) is 9.41. The molecule has 0 saturated carbocycles. The third kappa shape index (κ3) is 4.80. The summed E-state index contributed by atoms with van der Waals surface area (Å²) >= 11 is 6.44. The smallest absolute Gasteiger partial charge is 0.157 e. The summed E-state index contributed by atoms with van der Waals surface area (Å²) in [5.74, 6) is 0.962. The van der Waals surface area contributed by atoms with E-state index in [2.05, 4.69) is 12.1 Å². The van der Waals surface area contributed by atoms with Crippen LogP contribution in [0.25, 0.3) is 0 Å². The number of rotatable bonds is 8. The maximum absolute atomic E-state index is 12.0. The Labute approximate surface area is 175 Å². The first-order valence-corrected chi connectivity index (χ1v) is 9.78. The molecule has 1 atom stereocenters. The summed E-state index contributed by atoms with van der Waals surface area (Å²) in [5.41, 5.74) is 2.29. The van der Waals surface area contributed by atoms with Crippen LogP contribution in [0.3, 0.4) is 0 Å². The summed E-state index contributed by atoms with van der Waals surface area (Å²) in [6.07, 6.45) is 4.32. The van der Waals surface area contributed by atoms with Crippen LogP contribution in [0, 0.1) is 0 Å². The first kappa shape index (κ1) is 20.9. The second-order valence-corrected chi connectivity index (χ2v) is 7.15. The van der Waals surface area contributed by atoms with Crippen molar-refractivity contribution in [3.05, 3.63) is 64.2 Å². The van der Waals surface area contributed by atoms with Crippen molar-refractivity contribution in [1.29, 1.82) is 0 Å². The molecule has 1 aliphatic carbocycles. The van der Waals surface area contributed by atoms with E-state index in [-0.39, 0.29) is 28.2 Å². The minimum Gasteiger partial charge on any atom is -0.496 e. The molecule has 0 aliphatic heterocycles. The highest BCUT2D eigenvalue weighted by Crippen LogP contribution is 2.43. The number of allylic oxidation sites excluding steroid dienone is 1. The van der Waals surface area contributed by atoms with E-state index in [1.165, 1.54) is 19.8 Å². The number of methoxy groups -OCH3 is 2. The van der Waals surface area contributed by atoms with Gasteiger partial charge in [0.2, 0.25) is 0 Å². The second kappa shape index (κ2) is 9.61. The van der Waals surface area contributed by atoms with Crippen LogP contribution in [0.1, 0.15) is 35.2 Å². The van der Waals surface area contributed by atoms with E-state index < -0.39 is 0 Å². The van der Waals surface area contributed by atoms with E-state index >= 15 is 0 Å². The number of aldehydes is 1. The van der Waals surface area contributed by atoms with Gasteiger partial charge in [0.1, 0.15) is 28.2 Å². The monoisotopic (exact) mass is 414 g/mol. The molecule has 0 saturated heterocycles. The molecule has 0 spiro atoms. The highest BCUT2D eigenvalue weighted by molar-refractivity contribution is 6.34. The molecule has 3 rings (SSSR count). The summed E-state index contributed by atoms with van der Waals surface area (Å²) in [4.78, 5) is 23.7. The lowest BCUT2D eigenvalue weighted by molar-refractivity contribution is -0.115. The van der Waals surface area contributed by atoms with Crippen molar-refractivity contribution < 1.29 is 23.8 Å². The van der Waals surface area contributed by atoms with Gasteiger partial charge in [-0.2, -0.15) is 0 Å². The van der Waals surface area contributed by atoms with E-state index in [9.17, 15) is 9.59 Å². The number of hydrogen-bond donors (Lipinski definition) is 0. The molecular formula is C23H23ClO5. The molecule has 6 heteroatoms. The van der Waals surface area contributed by atoms with E-state index in [0.29, 0.717) is 37.0 Å². The van der Waals surface area contributed by atoms with Gasteiger partial charge in [-0.15, -0.1) is 0 Å². The third-order valence-corrected chi connectivity index (χ3v) is 5.32. The molecule has 0 bridgehead atoms. The standard InChI is InChI=1S/C23H23ClO5/c1-27-20-13-21(28-2)22(24)23(18(20)14-25)29-19-11-10-17(26)12-16(19)9-8-15-6-4-3-5-7-15/h3-7,12-14,19H,8-11H2,1-2H3/t19-/m0/s1. The van der Waals surface area contributed by atoms with Crippen molar-refractivity contribution in [3.8, 4) is 17.2 Å². The Morgan fingerprint density at radius 2 is 1.83 bits per heavy atom. The molecule has 0 amide bonds. The van der Waals surface area contributed by atoms with Gasteiger partial charge in [0, 0.05) is 12.5 Å². The summed E-state index contributed by atoms with van der Waals surface area (Å²) in [5, 5.41) is 0.203. The molecule has 29 heavy (non-hydrogen) atoms. The maximum atomic E-state index is 12.0. The van der Waals surface area contributed by atoms with Gasteiger partial charge in [-0.05, 0) is 36.5 Å². The molecule has 0 N–H and O–H groups in total. The van der Waals surface area contributed by atoms with E-state index in [1.807, 2.05) is 18.2 Å². The molecule has 0 radical (unpaired) electrons. The number of ketones is 1.